The monoisotopic (exact) mass is 222 g/mol. The number of rotatable bonds is 4. The Bertz CT molecular complexity index is 334. The van der Waals surface area contributed by atoms with Gasteiger partial charge in [-0.1, -0.05) is 6.42 Å². The molecule has 1 aliphatic carbocycles. The third kappa shape index (κ3) is 1.94. The van der Waals surface area contributed by atoms with E-state index in [1.807, 2.05) is 12.4 Å². The molecular formula is C12H22N4. The summed E-state index contributed by atoms with van der Waals surface area (Å²) in [4.78, 5) is 6.86. The molecule has 16 heavy (non-hydrogen) atoms. The number of aryl methyl sites for hydroxylation is 1. The van der Waals surface area contributed by atoms with E-state index in [1.54, 1.807) is 0 Å². The Morgan fingerprint density at radius 1 is 1.56 bits per heavy atom. The summed E-state index contributed by atoms with van der Waals surface area (Å²) in [7, 11) is 2.05. The van der Waals surface area contributed by atoms with Gasteiger partial charge in [-0.25, -0.2) is 4.98 Å². The van der Waals surface area contributed by atoms with Crippen LogP contribution in [0.15, 0.2) is 12.4 Å². The second-order valence-corrected chi connectivity index (χ2v) is 4.62. The fraction of sp³-hybridized carbons (Fsp3) is 0.750. The molecule has 1 saturated carbocycles. The maximum absolute atomic E-state index is 5.85. The van der Waals surface area contributed by atoms with Crippen molar-refractivity contribution in [1.29, 1.82) is 0 Å². The minimum atomic E-state index is 0.580. The van der Waals surface area contributed by atoms with Crippen LogP contribution in [0.5, 0.6) is 0 Å². The van der Waals surface area contributed by atoms with E-state index in [0.29, 0.717) is 12.0 Å². The van der Waals surface area contributed by atoms with Gasteiger partial charge in [-0.2, -0.15) is 0 Å². The smallest absolute Gasteiger partial charge is 0.205 e. The third-order valence-electron chi connectivity index (χ3n) is 3.72. The molecule has 2 unspecified atom stereocenters. The minimum absolute atomic E-state index is 0.580. The quantitative estimate of drug-likeness (QED) is 0.837. The molecule has 90 valence electrons. The molecule has 0 aliphatic heterocycles. The van der Waals surface area contributed by atoms with E-state index in [1.165, 1.54) is 19.3 Å². The first-order valence-electron chi connectivity index (χ1n) is 6.22. The maximum atomic E-state index is 5.85. The van der Waals surface area contributed by atoms with Crippen LogP contribution in [0, 0.1) is 5.92 Å². The van der Waals surface area contributed by atoms with Crippen LogP contribution in [0.25, 0.3) is 0 Å². The second-order valence-electron chi connectivity index (χ2n) is 4.62. The lowest BCUT2D eigenvalue weighted by molar-refractivity contribution is 0.454. The van der Waals surface area contributed by atoms with Gasteiger partial charge in [-0.3, -0.25) is 0 Å². The molecule has 1 aromatic rings. The number of anilines is 1. The standard InChI is InChI=1S/C12H22N4/c1-3-16(12-14-7-8-15(12)2)11-6-4-5-10(11)9-13/h7-8,10-11H,3-6,9,13H2,1-2H3. The van der Waals surface area contributed by atoms with E-state index in [9.17, 15) is 0 Å². The van der Waals surface area contributed by atoms with Crippen LogP contribution in [0.1, 0.15) is 26.2 Å². The molecule has 1 heterocycles. The summed E-state index contributed by atoms with van der Waals surface area (Å²) in [5, 5.41) is 0. The summed E-state index contributed by atoms with van der Waals surface area (Å²) in [6.45, 7) is 4.00. The molecule has 2 rings (SSSR count). The lowest BCUT2D eigenvalue weighted by Gasteiger charge is -2.32. The summed E-state index contributed by atoms with van der Waals surface area (Å²) in [5.74, 6) is 1.71. The van der Waals surface area contributed by atoms with Crippen LogP contribution in [0.2, 0.25) is 0 Å². The molecule has 4 heteroatoms. The zero-order chi connectivity index (χ0) is 11.5. The Labute approximate surface area is 97.4 Å². The Kier molecular flexibility index (Phi) is 3.49. The largest absolute Gasteiger partial charge is 0.339 e. The van der Waals surface area contributed by atoms with Crippen molar-refractivity contribution in [3.05, 3.63) is 12.4 Å². The number of nitrogens with two attached hydrogens (primary N) is 1. The van der Waals surface area contributed by atoms with Gasteiger partial charge in [0, 0.05) is 32.0 Å². The van der Waals surface area contributed by atoms with Gasteiger partial charge in [0.25, 0.3) is 0 Å². The number of aromatic nitrogens is 2. The van der Waals surface area contributed by atoms with E-state index < -0.39 is 0 Å². The van der Waals surface area contributed by atoms with Gasteiger partial charge in [-0.15, -0.1) is 0 Å². The van der Waals surface area contributed by atoms with Crippen LogP contribution in [0.3, 0.4) is 0 Å². The van der Waals surface area contributed by atoms with E-state index in [2.05, 4.69) is 28.4 Å². The van der Waals surface area contributed by atoms with Crippen LogP contribution in [0.4, 0.5) is 5.95 Å². The fourth-order valence-corrected chi connectivity index (χ4v) is 2.86. The Hall–Kier alpha value is -1.03. The van der Waals surface area contributed by atoms with Crippen molar-refractivity contribution < 1.29 is 0 Å². The van der Waals surface area contributed by atoms with Gasteiger partial charge >= 0.3 is 0 Å². The Morgan fingerprint density at radius 2 is 2.38 bits per heavy atom. The zero-order valence-corrected chi connectivity index (χ0v) is 10.3. The van der Waals surface area contributed by atoms with Gasteiger partial charge in [0.1, 0.15) is 0 Å². The van der Waals surface area contributed by atoms with Gasteiger partial charge in [0.15, 0.2) is 0 Å². The third-order valence-corrected chi connectivity index (χ3v) is 3.72. The second kappa shape index (κ2) is 4.87. The molecule has 0 saturated heterocycles. The van der Waals surface area contributed by atoms with E-state index >= 15 is 0 Å². The topological polar surface area (TPSA) is 47.1 Å². The van der Waals surface area contributed by atoms with Crippen molar-refractivity contribution in [2.45, 2.75) is 32.2 Å². The van der Waals surface area contributed by atoms with Crippen LogP contribution in [-0.4, -0.2) is 28.7 Å². The summed E-state index contributed by atoms with van der Waals surface area (Å²) in [6.07, 6.45) is 7.69. The molecule has 4 nitrogen and oxygen atoms in total. The summed E-state index contributed by atoms with van der Waals surface area (Å²) >= 11 is 0. The first-order chi connectivity index (χ1) is 7.77. The maximum Gasteiger partial charge on any atom is 0.205 e. The molecule has 2 N–H and O–H groups in total. The number of imidazole rings is 1. The zero-order valence-electron chi connectivity index (χ0n) is 10.3. The number of hydrogen-bond acceptors (Lipinski definition) is 3. The highest BCUT2D eigenvalue weighted by atomic mass is 15.3. The van der Waals surface area contributed by atoms with Gasteiger partial charge in [-0.05, 0) is 32.2 Å². The molecule has 1 fully saturated rings. The highest BCUT2D eigenvalue weighted by molar-refractivity contribution is 5.33. The first kappa shape index (κ1) is 11.5. The first-order valence-corrected chi connectivity index (χ1v) is 6.22. The summed E-state index contributed by atoms with van der Waals surface area (Å²) in [5.41, 5.74) is 5.85. The van der Waals surface area contributed by atoms with E-state index in [-0.39, 0.29) is 0 Å². The average Bonchev–Trinajstić information content (AvgIpc) is 2.90. The highest BCUT2D eigenvalue weighted by Gasteiger charge is 2.31. The lowest BCUT2D eigenvalue weighted by Crippen LogP contribution is -2.41. The predicted octanol–water partition coefficient (Wildman–Crippen LogP) is 1.37. The molecular weight excluding hydrogens is 200 g/mol. The van der Waals surface area contributed by atoms with Crippen molar-refractivity contribution >= 4 is 5.95 Å². The molecule has 0 spiro atoms. The molecule has 0 aromatic carbocycles. The normalized spacial score (nSPS) is 24.9. The fourth-order valence-electron chi connectivity index (χ4n) is 2.86. The molecule has 1 aliphatic rings. The minimum Gasteiger partial charge on any atom is -0.339 e. The molecule has 0 amide bonds. The SMILES string of the molecule is CCN(c1nccn1C)C1CCCC1CN. The van der Waals surface area contributed by atoms with Gasteiger partial charge in [0.05, 0.1) is 0 Å². The van der Waals surface area contributed by atoms with Gasteiger partial charge in [0.2, 0.25) is 5.95 Å². The predicted molar refractivity (Wildman–Crippen MR) is 66.4 cm³/mol. The van der Waals surface area contributed by atoms with Crippen LogP contribution < -0.4 is 10.6 Å². The Balaban J connectivity index is 2.19. The number of nitrogens with zero attached hydrogens (tertiary/aromatic N) is 3. The van der Waals surface area contributed by atoms with Gasteiger partial charge < -0.3 is 15.2 Å². The molecule has 2 atom stereocenters. The van der Waals surface area contributed by atoms with Crippen molar-refractivity contribution in [2.75, 3.05) is 18.0 Å². The summed E-state index contributed by atoms with van der Waals surface area (Å²) in [6, 6.07) is 0.580. The lowest BCUT2D eigenvalue weighted by atomic mass is 10.0. The molecule has 1 aromatic heterocycles. The average molecular weight is 222 g/mol. The van der Waals surface area contributed by atoms with Crippen molar-refractivity contribution in [3.63, 3.8) is 0 Å². The molecule has 0 radical (unpaired) electrons. The van der Waals surface area contributed by atoms with Crippen LogP contribution >= 0.6 is 0 Å². The highest BCUT2D eigenvalue weighted by Crippen LogP contribution is 2.31. The number of hydrogen-bond donors (Lipinski definition) is 1. The Morgan fingerprint density at radius 3 is 2.94 bits per heavy atom. The van der Waals surface area contributed by atoms with Crippen molar-refractivity contribution in [1.82, 2.24) is 9.55 Å². The van der Waals surface area contributed by atoms with Crippen LogP contribution in [-0.2, 0) is 7.05 Å². The van der Waals surface area contributed by atoms with E-state index in [4.69, 9.17) is 5.73 Å². The molecule has 0 bridgehead atoms. The van der Waals surface area contributed by atoms with E-state index in [0.717, 1.165) is 19.0 Å². The van der Waals surface area contributed by atoms with Crippen molar-refractivity contribution in [2.24, 2.45) is 18.7 Å². The summed E-state index contributed by atoms with van der Waals surface area (Å²) < 4.78 is 2.09. The van der Waals surface area contributed by atoms with Crippen molar-refractivity contribution in [3.8, 4) is 0 Å².